The Kier molecular flexibility index (Phi) is 5.94. The highest BCUT2D eigenvalue weighted by Gasteiger charge is 2.36. The van der Waals surface area contributed by atoms with Crippen LogP contribution >= 0.6 is 0 Å². The van der Waals surface area contributed by atoms with Crippen molar-refractivity contribution >= 4 is 11.6 Å². The average molecular weight is 353 g/mol. The van der Waals surface area contributed by atoms with Crippen LogP contribution in [0.4, 0.5) is 5.69 Å². The van der Waals surface area contributed by atoms with Gasteiger partial charge < -0.3 is 15.0 Å². The lowest BCUT2D eigenvalue weighted by Gasteiger charge is -2.36. The molecule has 0 spiro atoms. The van der Waals surface area contributed by atoms with E-state index in [0.717, 1.165) is 23.4 Å². The van der Waals surface area contributed by atoms with E-state index < -0.39 is 0 Å². The fraction of sp³-hybridized carbons (Fsp3) is 0.409. The van der Waals surface area contributed by atoms with Gasteiger partial charge in [0.05, 0.1) is 25.4 Å². The molecule has 26 heavy (non-hydrogen) atoms. The lowest BCUT2D eigenvalue weighted by Crippen LogP contribution is -3.17. The van der Waals surface area contributed by atoms with Gasteiger partial charge in [0.1, 0.15) is 5.75 Å². The molecule has 1 fully saturated rings. The van der Waals surface area contributed by atoms with E-state index in [9.17, 15) is 4.79 Å². The molecule has 138 valence electrons. The fourth-order valence-corrected chi connectivity index (χ4v) is 3.94. The molecule has 1 saturated heterocycles. The summed E-state index contributed by atoms with van der Waals surface area (Å²) in [6, 6.07) is 16.3. The lowest BCUT2D eigenvalue weighted by atomic mass is 9.96. The normalized spacial score (nSPS) is 21.0. The Morgan fingerprint density at radius 3 is 2.65 bits per heavy atom. The second kappa shape index (κ2) is 8.37. The Balaban J connectivity index is 1.91. The van der Waals surface area contributed by atoms with Crippen LogP contribution in [0.1, 0.15) is 43.4 Å². The molecule has 0 radical (unpaired) electrons. The number of hydrogen-bond acceptors (Lipinski definition) is 2. The molecule has 3 atom stereocenters. The van der Waals surface area contributed by atoms with Gasteiger partial charge in [0.15, 0.2) is 6.04 Å². The number of hydrogen-bond donors (Lipinski definition) is 2. The maximum Gasteiger partial charge on any atom is 0.287 e. The molecule has 1 amide bonds. The number of quaternary nitrogens is 1. The van der Waals surface area contributed by atoms with Gasteiger partial charge >= 0.3 is 0 Å². The predicted octanol–water partition coefficient (Wildman–Crippen LogP) is 3.14. The second-order valence-electron chi connectivity index (χ2n) is 7.26. The van der Waals surface area contributed by atoms with Crippen molar-refractivity contribution in [2.24, 2.45) is 0 Å². The maximum atomic E-state index is 13.3. The Morgan fingerprint density at radius 1 is 1.19 bits per heavy atom. The van der Waals surface area contributed by atoms with Crippen LogP contribution < -0.4 is 15.0 Å². The number of likely N-dealkylation sites (tertiary alicyclic amines) is 1. The van der Waals surface area contributed by atoms with Crippen LogP contribution in [0.5, 0.6) is 5.75 Å². The Bertz CT molecular complexity index is 745. The van der Waals surface area contributed by atoms with Crippen molar-refractivity contribution in [3.63, 3.8) is 0 Å². The van der Waals surface area contributed by atoms with Gasteiger partial charge in [0.25, 0.3) is 5.91 Å². The maximum absolute atomic E-state index is 13.3. The van der Waals surface area contributed by atoms with Crippen LogP contribution in [0.3, 0.4) is 0 Å². The standard InChI is InChI=1S/C22H28N2O2/c1-16-12-13-20(26-3)19(15-16)23-22(25)21(18-10-5-4-6-11-18)24-14-8-7-9-17(24)2/h4-6,10-13,15,17,21H,7-9,14H2,1-3H3,(H,23,25)/p+1/t17-,21+/m0/s1. The van der Waals surface area contributed by atoms with Gasteiger partial charge in [-0.2, -0.15) is 0 Å². The highest BCUT2D eigenvalue weighted by Crippen LogP contribution is 2.26. The molecular formula is C22H29N2O2+. The monoisotopic (exact) mass is 353 g/mol. The first-order valence-corrected chi connectivity index (χ1v) is 9.46. The highest BCUT2D eigenvalue weighted by molar-refractivity contribution is 5.96. The van der Waals surface area contributed by atoms with Gasteiger partial charge in [0, 0.05) is 5.56 Å². The Morgan fingerprint density at radius 2 is 1.96 bits per heavy atom. The number of nitrogens with one attached hydrogen (secondary N) is 2. The van der Waals surface area contributed by atoms with Crippen LogP contribution in [0.2, 0.25) is 0 Å². The molecule has 1 aliphatic heterocycles. The van der Waals surface area contributed by atoms with Crippen molar-refractivity contribution in [2.45, 2.75) is 45.2 Å². The van der Waals surface area contributed by atoms with Crippen LogP contribution in [0.15, 0.2) is 48.5 Å². The highest BCUT2D eigenvalue weighted by atomic mass is 16.5. The molecule has 0 aromatic heterocycles. The van der Waals surface area contributed by atoms with Crippen LogP contribution in [-0.4, -0.2) is 25.6 Å². The van der Waals surface area contributed by atoms with Crippen LogP contribution in [0.25, 0.3) is 0 Å². The third-order valence-corrected chi connectivity index (χ3v) is 5.36. The zero-order chi connectivity index (χ0) is 18.5. The summed E-state index contributed by atoms with van der Waals surface area (Å²) >= 11 is 0. The van der Waals surface area contributed by atoms with Crippen molar-refractivity contribution < 1.29 is 14.4 Å². The number of aryl methyl sites for hydroxylation is 1. The number of benzene rings is 2. The Labute approximate surface area is 156 Å². The number of ether oxygens (including phenoxy) is 1. The molecular weight excluding hydrogens is 324 g/mol. The largest absolute Gasteiger partial charge is 0.495 e. The third kappa shape index (κ3) is 4.07. The number of piperidine rings is 1. The summed E-state index contributed by atoms with van der Waals surface area (Å²) in [6.45, 7) is 5.30. The zero-order valence-electron chi connectivity index (χ0n) is 15.9. The van der Waals surface area contributed by atoms with Crippen LogP contribution in [0, 0.1) is 6.92 Å². The van der Waals surface area contributed by atoms with Crippen molar-refractivity contribution in [2.75, 3.05) is 19.0 Å². The van der Waals surface area contributed by atoms with E-state index in [4.69, 9.17) is 4.74 Å². The lowest BCUT2D eigenvalue weighted by molar-refractivity contribution is -0.949. The molecule has 1 aliphatic rings. The smallest absolute Gasteiger partial charge is 0.287 e. The van der Waals surface area contributed by atoms with Crippen molar-refractivity contribution in [3.8, 4) is 5.75 Å². The van der Waals surface area contributed by atoms with Crippen molar-refractivity contribution in [1.29, 1.82) is 0 Å². The van der Waals surface area contributed by atoms with Gasteiger partial charge in [0.2, 0.25) is 0 Å². The Hall–Kier alpha value is -2.33. The summed E-state index contributed by atoms with van der Waals surface area (Å²) in [7, 11) is 1.63. The molecule has 2 N–H and O–H groups in total. The van der Waals surface area contributed by atoms with E-state index in [1.165, 1.54) is 24.2 Å². The van der Waals surface area contributed by atoms with E-state index >= 15 is 0 Å². The number of amides is 1. The van der Waals surface area contributed by atoms with E-state index in [2.05, 4.69) is 24.4 Å². The quantitative estimate of drug-likeness (QED) is 0.867. The minimum Gasteiger partial charge on any atom is -0.495 e. The van der Waals surface area contributed by atoms with E-state index in [1.807, 2.05) is 43.3 Å². The summed E-state index contributed by atoms with van der Waals surface area (Å²) in [5, 5.41) is 3.13. The van der Waals surface area contributed by atoms with E-state index in [1.54, 1.807) is 7.11 Å². The minimum absolute atomic E-state index is 0.0313. The van der Waals surface area contributed by atoms with Gasteiger partial charge in [-0.15, -0.1) is 0 Å². The predicted molar refractivity (Wildman–Crippen MR) is 105 cm³/mol. The van der Waals surface area contributed by atoms with Crippen LogP contribution in [-0.2, 0) is 4.79 Å². The molecule has 4 heteroatoms. The first-order chi connectivity index (χ1) is 12.6. The fourth-order valence-electron chi connectivity index (χ4n) is 3.94. The first kappa shape index (κ1) is 18.5. The molecule has 0 bridgehead atoms. The summed E-state index contributed by atoms with van der Waals surface area (Å²) in [6.07, 6.45) is 3.59. The van der Waals surface area contributed by atoms with Gasteiger partial charge in [-0.3, -0.25) is 4.79 Å². The third-order valence-electron chi connectivity index (χ3n) is 5.36. The summed E-state index contributed by atoms with van der Waals surface area (Å²) < 4.78 is 5.43. The van der Waals surface area contributed by atoms with E-state index in [-0.39, 0.29) is 11.9 Å². The molecule has 1 unspecified atom stereocenters. The van der Waals surface area contributed by atoms with Gasteiger partial charge in [-0.25, -0.2) is 0 Å². The molecule has 2 aromatic carbocycles. The SMILES string of the molecule is COc1ccc(C)cc1NC(=O)[C@@H](c1ccccc1)[NH+]1CCCC[C@@H]1C. The number of carbonyl (C=O) groups is 1. The van der Waals surface area contributed by atoms with Crippen molar-refractivity contribution in [3.05, 3.63) is 59.7 Å². The molecule has 2 aromatic rings. The van der Waals surface area contributed by atoms with Crippen molar-refractivity contribution in [1.82, 2.24) is 0 Å². The summed E-state index contributed by atoms with van der Waals surface area (Å²) in [5.74, 6) is 0.723. The summed E-state index contributed by atoms with van der Waals surface area (Å²) in [4.78, 5) is 14.7. The topological polar surface area (TPSA) is 42.8 Å². The number of rotatable bonds is 5. The molecule has 1 heterocycles. The number of methoxy groups -OCH3 is 1. The van der Waals surface area contributed by atoms with Gasteiger partial charge in [-0.1, -0.05) is 36.4 Å². The first-order valence-electron chi connectivity index (χ1n) is 9.46. The van der Waals surface area contributed by atoms with E-state index in [0.29, 0.717) is 11.8 Å². The molecule has 3 rings (SSSR count). The zero-order valence-corrected chi connectivity index (χ0v) is 15.9. The average Bonchev–Trinajstić information content (AvgIpc) is 2.65. The number of carbonyl (C=O) groups excluding carboxylic acids is 1. The molecule has 0 saturated carbocycles. The number of anilines is 1. The summed E-state index contributed by atoms with van der Waals surface area (Å²) in [5.41, 5.74) is 2.90. The minimum atomic E-state index is -0.211. The molecule has 4 nitrogen and oxygen atoms in total. The second-order valence-corrected chi connectivity index (χ2v) is 7.26. The molecule has 0 aliphatic carbocycles. The van der Waals surface area contributed by atoms with Gasteiger partial charge in [-0.05, 0) is 50.8 Å².